The van der Waals surface area contributed by atoms with Gasteiger partial charge in [0.15, 0.2) is 5.69 Å². The van der Waals surface area contributed by atoms with Crippen LogP contribution in [-0.4, -0.2) is 25.9 Å². The number of carbonyl (C=O) groups excluding carboxylic acids is 1. The Kier molecular flexibility index (Phi) is 3.68. The first-order valence-electron chi connectivity index (χ1n) is 6.47. The summed E-state index contributed by atoms with van der Waals surface area (Å²) in [7, 11) is 0. The largest absolute Gasteiger partial charge is 0.319 e. The average molecular weight is 279 g/mol. The molecular weight excluding hydrogens is 266 g/mol. The Hall–Kier alpha value is -3.02. The van der Waals surface area contributed by atoms with Crippen molar-refractivity contribution in [1.82, 2.24) is 20.0 Å². The number of hydrogen-bond acceptors (Lipinski definition) is 4. The maximum absolute atomic E-state index is 12.0. The van der Waals surface area contributed by atoms with Gasteiger partial charge in [-0.05, 0) is 17.7 Å². The average Bonchev–Trinajstić information content (AvgIpc) is 2.98. The summed E-state index contributed by atoms with van der Waals surface area (Å²) in [5, 5.41) is 10.6. The molecule has 0 atom stereocenters. The summed E-state index contributed by atoms with van der Waals surface area (Å²) >= 11 is 0. The van der Waals surface area contributed by atoms with Crippen molar-refractivity contribution in [2.75, 3.05) is 5.32 Å². The van der Waals surface area contributed by atoms with Crippen molar-refractivity contribution in [3.05, 3.63) is 72.3 Å². The van der Waals surface area contributed by atoms with Crippen LogP contribution in [0.1, 0.15) is 16.1 Å². The van der Waals surface area contributed by atoms with Gasteiger partial charge in [0.05, 0.1) is 24.6 Å². The van der Waals surface area contributed by atoms with Gasteiger partial charge in [0, 0.05) is 6.20 Å². The summed E-state index contributed by atoms with van der Waals surface area (Å²) in [6.07, 6.45) is 4.84. The molecule has 0 unspecified atom stereocenters. The fourth-order valence-corrected chi connectivity index (χ4v) is 1.88. The zero-order chi connectivity index (χ0) is 14.5. The van der Waals surface area contributed by atoms with Crippen LogP contribution in [0.2, 0.25) is 0 Å². The maximum atomic E-state index is 12.0. The minimum atomic E-state index is -0.303. The van der Waals surface area contributed by atoms with Gasteiger partial charge in [-0.1, -0.05) is 35.5 Å². The Morgan fingerprint density at radius 3 is 2.76 bits per heavy atom. The summed E-state index contributed by atoms with van der Waals surface area (Å²) in [5.41, 5.74) is 2.00. The van der Waals surface area contributed by atoms with Crippen LogP contribution in [0.3, 0.4) is 0 Å². The molecule has 6 heteroatoms. The highest BCUT2D eigenvalue weighted by Gasteiger charge is 2.11. The Morgan fingerprint density at radius 2 is 2.00 bits per heavy atom. The van der Waals surface area contributed by atoms with Crippen LogP contribution >= 0.6 is 0 Å². The zero-order valence-corrected chi connectivity index (χ0v) is 11.2. The second-order valence-corrected chi connectivity index (χ2v) is 4.48. The second kappa shape index (κ2) is 5.96. The van der Waals surface area contributed by atoms with E-state index in [2.05, 4.69) is 20.6 Å². The first kappa shape index (κ1) is 13.0. The topological polar surface area (TPSA) is 72.7 Å². The third-order valence-corrected chi connectivity index (χ3v) is 2.88. The van der Waals surface area contributed by atoms with Crippen molar-refractivity contribution < 1.29 is 4.79 Å². The van der Waals surface area contributed by atoms with Gasteiger partial charge in [-0.15, -0.1) is 5.10 Å². The number of pyridine rings is 1. The molecule has 6 nitrogen and oxygen atoms in total. The monoisotopic (exact) mass is 279 g/mol. The van der Waals surface area contributed by atoms with Gasteiger partial charge < -0.3 is 5.32 Å². The molecule has 3 rings (SSSR count). The normalized spacial score (nSPS) is 10.3. The van der Waals surface area contributed by atoms with Crippen LogP contribution in [0.15, 0.2) is 61.1 Å². The van der Waals surface area contributed by atoms with E-state index in [1.165, 1.54) is 0 Å². The van der Waals surface area contributed by atoms with Crippen LogP contribution in [0.25, 0.3) is 0 Å². The van der Waals surface area contributed by atoms with Crippen molar-refractivity contribution in [2.45, 2.75) is 6.54 Å². The van der Waals surface area contributed by atoms with Gasteiger partial charge in [-0.2, -0.15) is 0 Å². The van der Waals surface area contributed by atoms with Gasteiger partial charge in [0.25, 0.3) is 5.91 Å². The van der Waals surface area contributed by atoms with Gasteiger partial charge in [0.1, 0.15) is 0 Å². The summed E-state index contributed by atoms with van der Waals surface area (Å²) < 4.78 is 1.63. The lowest BCUT2D eigenvalue weighted by Gasteiger charge is -2.01. The second-order valence-electron chi connectivity index (χ2n) is 4.48. The van der Waals surface area contributed by atoms with Crippen molar-refractivity contribution >= 4 is 11.6 Å². The first-order valence-corrected chi connectivity index (χ1v) is 6.47. The highest BCUT2D eigenvalue weighted by molar-refractivity contribution is 6.02. The molecule has 0 radical (unpaired) electrons. The number of hydrogen-bond donors (Lipinski definition) is 1. The summed E-state index contributed by atoms with van der Waals surface area (Å²) in [6, 6.07) is 13.4. The van der Waals surface area contributed by atoms with Crippen molar-refractivity contribution in [3.63, 3.8) is 0 Å². The molecule has 3 aromatic rings. The molecule has 0 spiro atoms. The SMILES string of the molecule is O=C(Nc1cccnc1)c1cn(Cc2ccccc2)nn1. The minimum Gasteiger partial charge on any atom is -0.319 e. The Morgan fingerprint density at radius 1 is 1.14 bits per heavy atom. The lowest BCUT2D eigenvalue weighted by molar-refractivity contribution is 0.102. The van der Waals surface area contributed by atoms with Crippen LogP contribution in [0, 0.1) is 0 Å². The molecular formula is C15H13N5O. The molecule has 0 aliphatic heterocycles. The van der Waals surface area contributed by atoms with Gasteiger partial charge in [-0.3, -0.25) is 9.78 Å². The van der Waals surface area contributed by atoms with E-state index in [1.54, 1.807) is 35.4 Å². The summed E-state index contributed by atoms with van der Waals surface area (Å²) in [4.78, 5) is 16.0. The van der Waals surface area contributed by atoms with E-state index >= 15 is 0 Å². The van der Waals surface area contributed by atoms with Crippen LogP contribution in [0.4, 0.5) is 5.69 Å². The number of nitrogens with one attached hydrogen (secondary N) is 1. The fourth-order valence-electron chi connectivity index (χ4n) is 1.88. The number of anilines is 1. The van der Waals surface area contributed by atoms with E-state index in [9.17, 15) is 4.79 Å². The number of carbonyl (C=O) groups is 1. The highest BCUT2D eigenvalue weighted by atomic mass is 16.2. The van der Waals surface area contributed by atoms with Crippen LogP contribution < -0.4 is 5.32 Å². The van der Waals surface area contributed by atoms with E-state index in [4.69, 9.17) is 0 Å². The smallest absolute Gasteiger partial charge is 0.277 e. The van der Waals surface area contributed by atoms with Crippen LogP contribution in [0.5, 0.6) is 0 Å². The van der Waals surface area contributed by atoms with Gasteiger partial charge >= 0.3 is 0 Å². The molecule has 0 aliphatic rings. The van der Waals surface area contributed by atoms with E-state index in [1.807, 2.05) is 30.3 Å². The standard InChI is InChI=1S/C15H13N5O/c21-15(17-13-7-4-8-16-9-13)14-11-20(19-18-14)10-12-5-2-1-3-6-12/h1-9,11H,10H2,(H,17,21). The number of rotatable bonds is 4. The number of amides is 1. The van der Waals surface area contributed by atoms with E-state index in [-0.39, 0.29) is 11.6 Å². The predicted molar refractivity (Wildman–Crippen MR) is 77.8 cm³/mol. The third kappa shape index (κ3) is 3.30. The molecule has 0 fully saturated rings. The third-order valence-electron chi connectivity index (χ3n) is 2.88. The molecule has 1 N–H and O–H groups in total. The summed E-state index contributed by atoms with van der Waals surface area (Å²) in [6.45, 7) is 0.577. The van der Waals surface area contributed by atoms with E-state index < -0.39 is 0 Å². The predicted octanol–water partition coefficient (Wildman–Crippen LogP) is 1.97. The van der Waals surface area contributed by atoms with Gasteiger partial charge in [0.2, 0.25) is 0 Å². The molecule has 0 bridgehead atoms. The Labute approximate surface area is 121 Å². The van der Waals surface area contributed by atoms with Crippen molar-refractivity contribution in [2.24, 2.45) is 0 Å². The number of benzene rings is 1. The summed E-state index contributed by atoms with van der Waals surface area (Å²) in [5.74, 6) is -0.303. The molecule has 1 amide bonds. The fraction of sp³-hybridized carbons (Fsp3) is 0.0667. The molecule has 2 aromatic heterocycles. The Balaban J connectivity index is 1.68. The van der Waals surface area contributed by atoms with Crippen LogP contribution in [-0.2, 0) is 6.54 Å². The molecule has 21 heavy (non-hydrogen) atoms. The number of aromatic nitrogens is 4. The van der Waals surface area contributed by atoms with Crippen molar-refractivity contribution in [3.8, 4) is 0 Å². The molecule has 2 heterocycles. The van der Waals surface area contributed by atoms with E-state index in [0.29, 0.717) is 12.2 Å². The van der Waals surface area contributed by atoms with Crippen molar-refractivity contribution in [1.29, 1.82) is 0 Å². The minimum absolute atomic E-state index is 0.273. The maximum Gasteiger partial charge on any atom is 0.277 e. The highest BCUT2D eigenvalue weighted by Crippen LogP contribution is 2.06. The van der Waals surface area contributed by atoms with Gasteiger partial charge in [-0.25, -0.2) is 4.68 Å². The molecule has 0 saturated heterocycles. The zero-order valence-electron chi connectivity index (χ0n) is 11.2. The van der Waals surface area contributed by atoms with E-state index in [0.717, 1.165) is 5.56 Å². The number of nitrogens with zero attached hydrogens (tertiary/aromatic N) is 4. The molecule has 0 aliphatic carbocycles. The lowest BCUT2D eigenvalue weighted by atomic mass is 10.2. The lowest BCUT2D eigenvalue weighted by Crippen LogP contribution is -2.12. The Bertz CT molecular complexity index is 724. The quantitative estimate of drug-likeness (QED) is 0.792. The molecule has 1 aromatic carbocycles. The first-order chi connectivity index (χ1) is 10.3. The molecule has 0 saturated carbocycles. The molecule has 104 valence electrons.